The number of aryl methyl sites for hydroxylation is 2. The molecule has 10 nitrogen and oxygen atoms in total. The molecule has 2 fully saturated rings. The van der Waals surface area contributed by atoms with Crippen LogP contribution in [0.3, 0.4) is 0 Å². The number of sulfone groups is 1. The fourth-order valence-electron chi connectivity index (χ4n) is 5.23. The Balaban J connectivity index is 1.67. The van der Waals surface area contributed by atoms with Gasteiger partial charge in [-0.2, -0.15) is 5.10 Å². The van der Waals surface area contributed by atoms with Crippen molar-refractivity contribution in [2.24, 2.45) is 7.05 Å². The molecular formula is C23H30N6O4S. The van der Waals surface area contributed by atoms with Crippen LogP contribution < -0.4 is 15.6 Å². The molecule has 2 aliphatic rings. The molecule has 2 aliphatic heterocycles. The number of benzene rings is 1. The van der Waals surface area contributed by atoms with Crippen molar-refractivity contribution in [3.63, 3.8) is 0 Å². The third-order valence-electron chi connectivity index (χ3n) is 6.93. The van der Waals surface area contributed by atoms with Crippen molar-refractivity contribution in [1.82, 2.24) is 30.0 Å². The normalized spacial score (nSPS) is 22.6. The molecule has 2 bridgehead atoms. The number of likely N-dealkylation sites (N-methyl/N-ethyl adjacent to an activating group) is 1. The summed E-state index contributed by atoms with van der Waals surface area (Å²) in [4.78, 5) is 21.8. The summed E-state index contributed by atoms with van der Waals surface area (Å²) < 4.78 is 34.9. The Kier molecular flexibility index (Phi) is 5.53. The lowest BCUT2D eigenvalue weighted by molar-refractivity contribution is 0.264. The van der Waals surface area contributed by atoms with Crippen molar-refractivity contribution in [1.29, 1.82) is 0 Å². The number of fused-ring (bicyclic) bond motifs is 3. The Morgan fingerprint density at radius 2 is 2.06 bits per heavy atom. The highest BCUT2D eigenvalue weighted by atomic mass is 32.2. The van der Waals surface area contributed by atoms with Crippen molar-refractivity contribution in [2.45, 2.75) is 48.9 Å². The average Bonchev–Trinajstić information content (AvgIpc) is 3.47. The molecule has 11 heteroatoms. The zero-order valence-electron chi connectivity index (χ0n) is 19.9. The van der Waals surface area contributed by atoms with Gasteiger partial charge < -0.3 is 9.72 Å². The predicted molar refractivity (Wildman–Crippen MR) is 129 cm³/mol. The van der Waals surface area contributed by atoms with Gasteiger partial charge in [-0.1, -0.05) is 13.3 Å². The van der Waals surface area contributed by atoms with E-state index in [-0.39, 0.29) is 22.3 Å². The van der Waals surface area contributed by atoms with Gasteiger partial charge in [0.25, 0.3) is 5.56 Å². The SMILES string of the molecule is CCCc1nn(C)c2c(=O)[nH]c(-c3cc(S(=O)(=O)[C@]45C[C@@H](CN4)N(C)C5)ccc3OCC)nc12. The summed E-state index contributed by atoms with van der Waals surface area (Å²) >= 11 is 0. The topological polar surface area (TPSA) is 122 Å². The maximum atomic E-state index is 13.8. The molecule has 2 saturated heterocycles. The Morgan fingerprint density at radius 3 is 2.71 bits per heavy atom. The Bertz CT molecular complexity index is 1430. The van der Waals surface area contributed by atoms with E-state index in [1.165, 1.54) is 4.68 Å². The number of aromatic amines is 1. The number of likely N-dealkylation sites (tertiary alicyclic amines) is 1. The minimum atomic E-state index is -3.71. The van der Waals surface area contributed by atoms with E-state index in [9.17, 15) is 13.2 Å². The second-order valence-corrected chi connectivity index (χ2v) is 11.4. The molecule has 3 aromatic rings. The van der Waals surface area contributed by atoms with E-state index >= 15 is 0 Å². The van der Waals surface area contributed by atoms with Gasteiger partial charge in [0.05, 0.1) is 22.8 Å². The van der Waals surface area contributed by atoms with Gasteiger partial charge in [0.2, 0.25) is 0 Å². The molecule has 5 rings (SSSR count). The van der Waals surface area contributed by atoms with E-state index in [1.54, 1.807) is 25.2 Å². The number of nitrogens with one attached hydrogen (secondary N) is 2. The average molecular weight is 487 g/mol. The zero-order valence-corrected chi connectivity index (χ0v) is 20.7. The molecule has 182 valence electrons. The lowest BCUT2D eigenvalue weighted by Crippen LogP contribution is -2.54. The Morgan fingerprint density at radius 1 is 1.26 bits per heavy atom. The summed E-state index contributed by atoms with van der Waals surface area (Å²) in [6, 6.07) is 5.01. The number of hydrogen-bond acceptors (Lipinski definition) is 8. The summed E-state index contributed by atoms with van der Waals surface area (Å²) in [5, 5.41) is 7.72. The van der Waals surface area contributed by atoms with E-state index in [2.05, 4.69) is 20.3 Å². The zero-order chi connectivity index (χ0) is 24.3. The van der Waals surface area contributed by atoms with E-state index in [4.69, 9.17) is 9.72 Å². The summed E-state index contributed by atoms with van der Waals surface area (Å²) in [6.07, 6.45) is 2.09. The molecule has 2 N–H and O–H groups in total. The van der Waals surface area contributed by atoms with Crippen LogP contribution in [0, 0.1) is 0 Å². The number of hydrogen-bond donors (Lipinski definition) is 2. The minimum Gasteiger partial charge on any atom is -0.493 e. The quantitative estimate of drug-likeness (QED) is 0.515. The van der Waals surface area contributed by atoms with Crippen molar-refractivity contribution >= 4 is 20.9 Å². The fourth-order valence-corrected chi connectivity index (χ4v) is 7.26. The molecule has 0 unspecified atom stereocenters. The smallest absolute Gasteiger partial charge is 0.277 e. The fraction of sp³-hybridized carbons (Fsp3) is 0.522. The summed E-state index contributed by atoms with van der Waals surface area (Å²) in [6.45, 7) is 5.35. The van der Waals surface area contributed by atoms with Gasteiger partial charge in [-0.05, 0) is 45.0 Å². The van der Waals surface area contributed by atoms with Gasteiger partial charge in [0.15, 0.2) is 15.4 Å². The minimum absolute atomic E-state index is 0.178. The Hall–Kier alpha value is -2.76. The van der Waals surface area contributed by atoms with Crippen LogP contribution in [0.1, 0.15) is 32.4 Å². The highest BCUT2D eigenvalue weighted by molar-refractivity contribution is 7.92. The van der Waals surface area contributed by atoms with Crippen molar-refractivity contribution in [2.75, 3.05) is 26.7 Å². The third kappa shape index (κ3) is 3.37. The van der Waals surface area contributed by atoms with Gasteiger partial charge in [-0.25, -0.2) is 13.4 Å². The van der Waals surface area contributed by atoms with Gasteiger partial charge in [0.1, 0.15) is 22.0 Å². The van der Waals surface area contributed by atoms with Crippen LogP contribution in [0.5, 0.6) is 5.75 Å². The molecule has 2 aromatic heterocycles. The van der Waals surface area contributed by atoms with Crippen LogP contribution in [0.15, 0.2) is 27.9 Å². The highest BCUT2D eigenvalue weighted by Crippen LogP contribution is 2.41. The van der Waals surface area contributed by atoms with E-state index in [1.807, 2.05) is 20.9 Å². The van der Waals surface area contributed by atoms with Crippen LogP contribution in [0.2, 0.25) is 0 Å². The molecule has 0 aliphatic carbocycles. The second-order valence-electron chi connectivity index (χ2n) is 9.17. The van der Waals surface area contributed by atoms with Crippen molar-refractivity contribution in [3.05, 3.63) is 34.2 Å². The van der Waals surface area contributed by atoms with Crippen LogP contribution in [0.25, 0.3) is 22.4 Å². The van der Waals surface area contributed by atoms with E-state index in [0.717, 1.165) is 12.1 Å². The number of nitrogens with zero attached hydrogens (tertiary/aromatic N) is 4. The number of rotatable bonds is 7. The van der Waals surface area contributed by atoms with Crippen molar-refractivity contribution < 1.29 is 13.2 Å². The largest absolute Gasteiger partial charge is 0.493 e. The highest BCUT2D eigenvalue weighted by Gasteiger charge is 2.56. The monoisotopic (exact) mass is 486 g/mol. The summed E-state index contributed by atoms with van der Waals surface area (Å²) in [5.74, 6) is 0.727. The molecule has 4 heterocycles. The maximum absolute atomic E-state index is 13.8. The molecule has 34 heavy (non-hydrogen) atoms. The number of piperazine rings is 1. The maximum Gasteiger partial charge on any atom is 0.277 e. The molecule has 0 saturated carbocycles. The molecule has 0 amide bonds. The second kappa shape index (κ2) is 8.17. The van der Waals surface area contributed by atoms with Crippen LogP contribution in [0.4, 0.5) is 0 Å². The summed E-state index contributed by atoms with van der Waals surface area (Å²) in [7, 11) is -0.0384. The van der Waals surface area contributed by atoms with E-state index in [0.29, 0.717) is 54.9 Å². The molecule has 0 spiro atoms. The number of aromatic nitrogens is 4. The standard InChI is InChI=1S/C23H30N6O4S/c1-5-7-17-19-20(29(4)27-17)22(30)26-21(25-19)16-10-15(8-9-18(16)33-6-2)34(31,32)23-11-14(12-24-23)28(3)13-23/h8-10,14,24H,5-7,11-13H2,1-4H3,(H,25,26,30)/t14-,23-/m0/s1. The lowest BCUT2D eigenvalue weighted by Gasteiger charge is -2.31. The Labute approximate surface area is 198 Å². The van der Waals surface area contributed by atoms with Gasteiger partial charge >= 0.3 is 0 Å². The first-order valence-electron chi connectivity index (χ1n) is 11.6. The number of ether oxygens (including phenoxy) is 1. The van der Waals surface area contributed by atoms with Crippen LogP contribution in [-0.2, 0) is 23.3 Å². The predicted octanol–water partition coefficient (Wildman–Crippen LogP) is 1.45. The molecular weight excluding hydrogens is 456 g/mol. The first-order valence-corrected chi connectivity index (χ1v) is 13.1. The van der Waals surface area contributed by atoms with E-state index < -0.39 is 14.7 Å². The number of H-pyrrole nitrogens is 1. The van der Waals surface area contributed by atoms with Gasteiger partial charge in [0, 0.05) is 26.2 Å². The lowest BCUT2D eigenvalue weighted by atomic mass is 10.1. The molecule has 1 aromatic carbocycles. The van der Waals surface area contributed by atoms with Crippen LogP contribution in [-0.4, -0.2) is 70.7 Å². The molecule has 2 atom stereocenters. The van der Waals surface area contributed by atoms with Gasteiger partial charge in [-0.15, -0.1) is 0 Å². The first-order chi connectivity index (χ1) is 16.2. The first kappa shape index (κ1) is 23.0. The van der Waals surface area contributed by atoms with Crippen LogP contribution >= 0.6 is 0 Å². The third-order valence-corrected chi connectivity index (χ3v) is 9.28. The van der Waals surface area contributed by atoms with Crippen molar-refractivity contribution in [3.8, 4) is 17.1 Å². The summed E-state index contributed by atoms with van der Waals surface area (Å²) in [5.41, 5.74) is 1.76. The van der Waals surface area contributed by atoms with Gasteiger partial charge in [-0.3, -0.25) is 19.7 Å². The molecule has 0 radical (unpaired) electrons.